The monoisotopic (exact) mass is 434 g/mol. The largest absolute Gasteiger partial charge is 0.264 e. The molecule has 0 aliphatic rings. The molecule has 1 atom stereocenters. The molecular formula is C20H19FN2O4S2. The van der Waals surface area contributed by atoms with E-state index in [0.29, 0.717) is 5.56 Å². The number of benzene rings is 2. The Bertz CT molecular complexity index is 1200. The van der Waals surface area contributed by atoms with Crippen molar-refractivity contribution in [2.24, 2.45) is 0 Å². The second-order valence-corrected chi connectivity index (χ2v) is 10.3. The fraction of sp³-hybridized carbons (Fsp3) is 0.150. The van der Waals surface area contributed by atoms with Crippen LogP contribution in [0.5, 0.6) is 0 Å². The summed E-state index contributed by atoms with van der Waals surface area (Å²) in [4.78, 5) is 3.89. The summed E-state index contributed by atoms with van der Waals surface area (Å²) in [7, 11) is -7.95. The lowest BCUT2D eigenvalue weighted by molar-refractivity contribution is 0.568. The minimum atomic E-state index is -4.05. The number of sulfonamides is 1. The molecule has 3 aromatic rings. The van der Waals surface area contributed by atoms with Crippen LogP contribution in [0.15, 0.2) is 82.8 Å². The van der Waals surface area contributed by atoms with Crippen LogP contribution in [0, 0.1) is 12.7 Å². The molecular weight excluding hydrogens is 415 g/mol. The molecule has 0 radical (unpaired) electrons. The molecule has 0 aliphatic heterocycles. The van der Waals surface area contributed by atoms with Gasteiger partial charge in [0.25, 0.3) is 0 Å². The summed E-state index contributed by atoms with van der Waals surface area (Å²) in [6, 6.07) is 14.3. The van der Waals surface area contributed by atoms with Crippen LogP contribution in [-0.4, -0.2) is 28.4 Å². The van der Waals surface area contributed by atoms with Gasteiger partial charge in [0.1, 0.15) is 11.1 Å². The number of halogens is 1. The van der Waals surface area contributed by atoms with Crippen molar-refractivity contribution >= 4 is 19.9 Å². The van der Waals surface area contributed by atoms with Gasteiger partial charge in [-0.05, 0) is 54.4 Å². The molecule has 0 spiro atoms. The Morgan fingerprint density at radius 1 is 0.966 bits per heavy atom. The number of aryl methyl sites for hydroxylation is 1. The van der Waals surface area contributed by atoms with Gasteiger partial charge in [-0.25, -0.2) is 25.9 Å². The van der Waals surface area contributed by atoms with Crippen molar-refractivity contribution in [2.75, 3.05) is 6.54 Å². The van der Waals surface area contributed by atoms with Crippen LogP contribution in [0.1, 0.15) is 16.4 Å². The summed E-state index contributed by atoms with van der Waals surface area (Å²) in [6.45, 7) is 1.05. The Morgan fingerprint density at radius 2 is 1.69 bits per heavy atom. The van der Waals surface area contributed by atoms with E-state index in [-0.39, 0.29) is 15.4 Å². The average molecular weight is 435 g/mol. The van der Waals surface area contributed by atoms with E-state index < -0.39 is 37.5 Å². The maximum atomic E-state index is 13.5. The lowest BCUT2D eigenvalue weighted by Crippen LogP contribution is -2.32. The third kappa shape index (κ3) is 4.69. The maximum Gasteiger partial charge on any atom is 0.240 e. The number of nitrogens with zero attached hydrogens (tertiary/aromatic N) is 1. The van der Waals surface area contributed by atoms with Crippen molar-refractivity contribution in [3.8, 4) is 0 Å². The highest BCUT2D eigenvalue weighted by Gasteiger charge is 2.31. The third-order valence-electron chi connectivity index (χ3n) is 4.40. The zero-order valence-corrected chi connectivity index (χ0v) is 17.1. The first-order chi connectivity index (χ1) is 13.7. The zero-order chi connectivity index (χ0) is 21.1. The number of nitrogens with one attached hydrogen (secondary N) is 1. The quantitative estimate of drug-likeness (QED) is 0.617. The minimum absolute atomic E-state index is 0.0747. The predicted molar refractivity (Wildman–Crippen MR) is 107 cm³/mol. The number of hydrogen-bond acceptors (Lipinski definition) is 5. The number of sulfone groups is 1. The summed E-state index contributed by atoms with van der Waals surface area (Å²) < 4.78 is 67.5. The van der Waals surface area contributed by atoms with Gasteiger partial charge in [0.2, 0.25) is 10.0 Å². The molecule has 6 nitrogen and oxygen atoms in total. The van der Waals surface area contributed by atoms with Crippen molar-refractivity contribution in [3.63, 3.8) is 0 Å². The highest BCUT2D eigenvalue weighted by atomic mass is 32.2. The van der Waals surface area contributed by atoms with E-state index in [1.54, 1.807) is 30.3 Å². The normalized spacial score (nSPS) is 13.2. The first-order valence-electron chi connectivity index (χ1n) is 8.66. The van der Waals surface area contributed by atoms with Gasteiger partial charge in [-0.2, -0.15) is 0 Å². The van der Waals surface area contributed by atoms with E-state index in [2.05, 4.69) is 9.71 Å². The third-order valence-corrected chi connectivity index (χ3v) is 7.94. The summed E-state index contributed by atoms with van der Waals surface area (Å²) in [5, 5.41) is -1.19. The molecule has 3 rings (SSSR count). The lowest BCUT2D eigenvalue weighted by Gasteiger charge is -2.19. The van der Waals surface area contributed by atoms with Crippen LogP contribution in [0.3, 0.4) is 0 Å². The lowest BCUT2D eigenvalue weighted by atomic mass is 10.2. The molecule has 0 bridgehead atoms. The van der Waals surface area contributed by atoms with E-state index in [1.165, 1.54) is 37.5 Å². The molecule has 9 heteroatoms. The van der Waals surface area contributed by atoms with Gasteiger partial charge in [0.05, 0.1) is 9.79 Å². The Morgan fingerprint density at radius 3 is 2.31 bits per heavy atom. The van der Waals surface area contributed by atoms with Gasteiger partial charge in [-0.3, -0.25) is 4.98 Å². The standard InChI is InChI=1S/C20H19FN2O4S2/c1-15-12-18(9-10-19(15)21)29(26,27)23-14-20(16-6-5-11-22-13-16)28(24,25)17-7-3-2-4-8-17/h2-13,20,23H,14H2,1H3/t20-/m1/s1. The van der Waals surface area contributed by atoms with Crippen molar-refractivity contribution in [1.82, 2.24) is 9.71 Å². The fourth-order valence-electron chi connectivity index (χ4n) is 2.80. The molecule has 152 valence electrons. The highest BCUT2D eigenvalue weighted by Crippen LogP contribution is 2.28. The van der Waals surface area contributed by atoms with Gasteiger partial charge in [0.15, 0.2) is 9.84 Å². The van der Waals surface area contributed by atoms with E-state index in [1.807, 2.05) is 0 Å². The Hall–Kier alpha value is -2.62. The fourth-order valence-corrected chi connectivity index (χ4v) is 5.70. The van der Waals surface area contributed by atoms with Gasteiger partial charge < -0.3 is 0 Å². The Balaban J connectivity index is 1.95. The summed E-state index contributed by atoms with van der Waals surface area (Å²) in [6.07, 6.45) is 2.89. The first-order valence-corrected chi connectivity index (χ1v) is 11.7. The number of hydrogen-bond donors (Lipinski definition) is 1. The number of aromatic nitrogens is 1. The minimum Gasteiger partial charge on any atom is -0.264 e. The molecule has 0 saturated heterocycles. The second kappa shape index (κ2) is 8.40. The second-order valence-electron chi connectivity index (χ2n) is 6.40. The zero-order valence-electron chi connectivity index (χ0n) is 15.5. The summed E-state index contributed by atoms with van der Waals surface area (Å²) >= 11 is 0. The number of rotatable bonds is 7. The molecule has 0 unspecified atom stereocenters. The Labute approximate surface area is 169 Å². The molecule has 1 heterocycles. The molecule has 0 amide bonds. The molecule has 0 aliphatic carbocycles. The van der Waals surface area contributed by atoms with E-state index in [9.17, 15) is 21.2 Å². The van der Waals surface area contributed by atoms with Crippen molar-refractivity contribution < 1.29 is 21.2 Å². The van der Waals surface area contributed by atoms with Crippen LogP contribution in [0.2, 0.25) is 0 Å². The molecule has 1 aromatic heterocycles. The first kappa shape index (κ1) is 21.1. The molecule has 2 aromatic carbocycles. The smallest absolute Gasteiger partial charge is 0.240 e. The average Bonchev–Trinajstić information content (AvgIpc) is 2.71. The Kier molecular flexibility index (Phi) is 6.11. The summed E-state index contributed by atoms with van der Waals surface area (Å²) in [5.74, 6) is -0.524. The SMILES string of the molecule is Cc1cc(S(=O)(=O)NC[C@H](c2cccnc2)S(=O)(=O)c2ccccc2)ccc1F. The van der Waals surface area contributed by atoms with Crippen molar-refractivity contribution in [3.05, 3.63) is 90.0 Å². The summed E-state index contributed by atoms with van der Waals surface area (Å²) in [5.41, 5.74) is 0.530. The van der Waals surface area contributed by atoms with Crippen LogP contribution in [0.4, 0.5) is 4.39 Å². The van der Waals surface area contributed by atoms with E-state index in [4.69, 9.17) is 0 Å². The van der Waals surface area contributed by atoms with E-state index in [0.717, 1.165) is 12.1 Å². The van der Waals surface area contributed by atoms with Gasteiger partial charge >= 0.3 is 0 Å². The van der Waals surface area contributed by atoms with Gasteiger partial charge in [0, 0.05) is 18.9 Å². The topological polar surface area (TPSA) is 93.2 Å². The van der Waals surface area contributed by atoms with Crippen molar-refractivity contribution in [1.29, 1.82) is 0 Å². The molecule has 29 heavy (non-hydrogen) atoms. The molecule has 0 saturated carbocycles. The van der Waals surface area contributed by atoms with Crippen LogP contribution < -0.4 is 4.72 Å². The van der Waals surface area contributed by atoms with Crippen molar-refractivity contribution in [2.45, 2.75) is 22.0 Å². The molecule has 1 N–H and O–H groups in total. The highest BCUT2D eigenvalue weighted by molar-refractivity contribution is 7.92. The van der Waals surface area contributed by atoms with Crippen LogP contribution in [0.25, 0.3) is 0 Å². The van der Waals surface area contributed by atoms with Crippen LogP contribution >= 0.6 is 0 Å². The predicted octanol–water partition coefficient (Wildman–Crippen LogP) is 3.02. The van der Waals surface area contributed by atoms with Crippen LogP contribution in [-0.2, 0) is 19.9 Å². The van der Waals surface area contributed by atoms with Gasteiger partial charge in [-0.1, -0.05) is 24.3 Å². The van der Waals surface area contributed by atoms with Gasteiger partial charge in [-0.15, -0.1) is 0 Å². The number of pyridine rings is 1. The van der Waals surface area contributed by atoms with E-state index >= 15 is 0 Å². The maximum absolute atomic E-state index is 13.5. The molecule has 0 fully saturated rings.